The van der Waals surface area contributed by atoms with Gasteiger partial charge in [0, 0.05) is 4.47 Å². The fourth-order valence-electron chi connectivity index (χ4n) is 1.73. The summed E-state index contributed by atoms with van der Waals surface area (Å²) in [6, 6.07) is 6.53. The largest absolute Gasteiger partial charge is 0.0609 e. The predicted molar refractivity (Wildman–Crippen MR) is 50.8 cm³/mol. The molecule has 0 amide bonds. The Morgan fingerprint density at radius 1 is 1.09 bits per heavy atom. The van der Waals surface area contributed by atoms with E-state index in [4.69, 9.17) is 0 Å². The third-order valence-corrected chi connectivity index (χ3v) is 3.08. The van der Waals surface area contributed by atoms with E-state index < -0.39 is 0 Å². The van der Waals surface area contributed by atoms with Crippen molar-refractivity contribution in [1.29, 1.82) is 0 Å². The molecule has 0 atom stereocenters. The summed E-state index contributed by atoms with van der Waals surface area (Å²) < 4.78 is 1.30. The molecule has 0 heterocycles. The molecule has 1 aromatic carbocycles. The summed E-state index contributed by atoms with van der Waals surface area (Å²) in [5.74, 6) is 0. The van der Waals surface area contributed by atoms with Crippen LogP contribution in [0.25, 0.3) is 0 Å². The Bertz CT molecular complexity index is 266. The molecule has 0 saturated carbocycles. The lowest BCUT2D eigenvalue weighted by Gasteiger charge is -2.16. The van der Waals surface area contributed by atoms with Gasteiger partial charge in [0.25, 0.3) is 0 Å². The van der Waals surface area contributed by atoms with E-state index in [0.717, 1.165) is 0 Å². The van der Waals surface area contributed by atoms with Crippen LogP contribution in [0.5, 0.6) is 0 Å². The van der Waals surface area contributed by atoms with E-state index in [0.29, 0.717) is 0 Å². The van der Waals surface area contributed by atoms with E-state index >= 15 is 0 Å². The Morgan fingerprint density at radius 3 is 2.73 bits per heavy atom. The minimum Gasteiger partial charge on any atom is -0.0609 e. The Morgan fingerprint density at radius 2 is 1.91 bits per heavy atom. The van der Waals surface area contributed by atoms with Gasteiger partial charge < -0.3 is 0 Å². The Hall–Kier alpha value is -0.300. The third-order valence-electron chi connectivity index (χ3n) is 2.34. The van der Waals surface area contributed by atoms with E-state index in [9.17, 15) is 0 Å². The Labute approximate surface area is 75.8 Å². The minimum atomic E-state index is 1.26. The SMILES string of the molecule is Brc1cccc2c1CCCC2. The molecule has 0 aliphatic heterocycles. The van der Waals surface area contributed by atoms with Gasteiger partial charge in [0.1, 0.15) is 0 Å². The molecule has 0 fully saturated rings. The third kappa shape index (κ3) is 1.34. The van der Waals surface area contributed by atoms with Crippen molar-refractivity contribution in [3.05, 3.63) is 33.8 Å². The first-order valence-electron chi connectivity index (χ1n) is 4.14. The lowest BCUT2D eigenvalue weighted by atomic mass is 9.92. The first-order valence-corrected chi connectivity index (χ1v) is 4.93. The van der Waals surface area contributed by atoms with Crippen LogP contribution in [0.1, 0.15) is 24.0 Å². The fourth-order valence-corrected chi connectivity index (χ4v) is 2.34. The Kier molecular flexibility index (Phi) is 1.99. The Balaban J connectivity index is 2.49. The maximum atomic E-state index is 3.58. The molecule has 1 aliphatic carbocycles. The van der Waals surface area contributed by atoms with Crippen molar-refractivity contribution in [3.63, 3.8) is 0 Å². The number of rotatable bonds is 0. The molecule has 0 N–H and O–H groups in total. The van der Waals surface area contributed by atoms with Crippen molar-refractivity contribution in [2.75, 3.05) is 0 Å². The monoisotopic (exact) mass is 210 g/mol. The summed E-state index contributed by atoms with van der Waals surface area (Å²) in [5, 5.41) is 0. The number of fused-ring (bicyclic) bond motifs is 1. The van der Waals surface area contributed by atoms with Gasteiger partial charge in [-0.3, -0.25) is 0 Å². The van der Waals surface area contributed by atoms with E-state index in [-0.39, 0.29) is 0 Å². The highest BCUT2D eigenvalue weighted by molar-refractivity contribution is 9.10. The molecule has 0 nitrogen and oxygen atoms in total. The fraction of sp³-hybridized carbons (Fsp3) is 0.400. The number of hydrogen-bond donors (Lipinski definition) is 0. The highest BCUT2D eigenvalue weighted by Crippen LogP contribution is 2.27. The molecule has 58 valence electrons. The average Bonchev–Trinajstić information content (AvgIpc) is 2.06. The zero-order chi connectivity index (χ0) is 7.68. The molecule has 0 unspecified atom stereocenters. The summed E-state index contributed by atoms with van der Waals surface area (Å²) in [4.78, 5) is 0. The van der Waals surface area contributed by atoms with Gasteiger partial charge in [-0.05, 0) is 42.9 Å². The zero-order valence-corrected chi connectivity index (χ0v) is 8.02. The van der Waals surface area contributed by atoms with Crippen LogP contribution in [0.3, 0.4) is 0 Å². The van der Waals surface area contributed by atoms with E-state index in [1.54, 1.807) is 11.1 Å². The maximum Gasteiger partial charge on any atom is 0.0210 e. The summed E-state index contributed by atoms with van der Waals surface area (Å²) in [7, 11) is 0. The van der Waals surface area contributed by atoms with Crippen molar-refractivity contribution in [2.24, 2.45) is 0 Å². The average molecular weight is 211 g/mol. The molecule has 2 rings (SSSR count). The van der Waals surface area contributed by atoms with Gasteiger partial charge in [0.05, 0.1) is 0 Å². The second-order valence-electron chi connectivity index (χ2n) is 3.08. The van der Waals surface area contributed by atoms with Crippen molar-refractivity contribution in [1.82, 2.24) is 0 Å². The maximum absolute atomic E-state index is 3.58. The standard InChI is InChI=1S/C10H11Br/c11-10-7-3-5-8-4-1-2-6-9(8)10/h3,5,7H,1-2,4,6H2. The van der Waals surface area contributed by atoms with Gasteiger partial charge in [-0.15, -0.1) is 0 Å². The second kappa shape index (κ2) is 2.98. The van der Waals surface area contributed by atoms with Gasteiger partial charge in [0.2, 0.25) is 0 Å². The van der Waals surface area contributed by atoms with Gasteiger partial charge >= 0.3 is 0 Å². The van der Waals surface area contributed by atoms with Crippen molar-refractivity contribution in [3.8, 4) is 0 Å². The van der Waals surface area contributed by atoms with E-state index in [1.807, 2.05) is 0 Å². The van der Waals surface area contributed by atoms with Crippen LogP contribution >= 0.6 is 15.9 Å². The van der Waals surface area contributed by atoms with Gasteiger partial charge in [-0.1, -0.05) is 28.1 Å². The quantitative estimate of drug-likeness (QED) is 0.617. The van der Waals surface area contributed by atoms with Crippen molar-refractivity contribution in [2.45, 2.75) is 25.7 Å². The van der Waals surface area contributed by atoms with Crippen LogP contribution in [0.2, 0.25) is 0 Å². The van der Waals surface area contributed by atoms with Crippen LogP contribution < -0.4 is 0 Å². The number of aryl methyl sites for hydroxylation is 1. The molecular formula is C10H11Br. The molecule has 0 spiro atoms. The molecule has 0 saturated heterocycles. The highest BCUT2D eigenvalue weighted by Gasteiger charge is 2.10. The first kappa shape index (κ1) is 7.35. The predicted octanol–water partition coefficient (Wildman–Crippen LogP) is 3.33. The normalized spacial score (nSPS) is 16.1. The summed E-state index contributed by atoms with van der Waals surface area (Å²) in [6.07, 6.45) is 5.25. The lowest BCUT2D eigenvalue weighted by molar-refractivity contribution is 0.683. The van der Waals surface area contributed by atoms with Crippen molar-refractivity contribution >= 4 is 15.9 Å². The topological polar surface area (TPSA) is 0 Å². The van der Waals surface area contributed by atoms with Gasteiger partial charge in [-0.2, -0.15) is 0 Å². The molecule has 0 radical (unpaired) electrons. The van der Waals surface area contributed by atoms with Crippen LogP contribution in [0, 0.1) is 0 Å². The number of hydrogen-bond acceptors (Lipinski definition) is 0. The van der Waals surface area contributed by atoms with E-state index in [1.165, 1.54) is 30.2 Å². The number of benzene rings is 1. The van der Waals surface area contributed by atoms with Crippen molar-refractivity contribution < 1.29 is 0 Å². The summed E-state index contributed by atoms with van der Waals surface area (Å²) in [5.41, 5.74) is 3.09. The first-order chi connectivity index (χ1) is 5.38. The van der Waals surface area contributed by atoms with Crippen LogP contribution in [-0.2, 0) is 12.8 Å². The van der Waals surface area contributed by atoms with E-state index in [2.05, 4.69) is 34.1 Å². The molecule has 11 heavy (non-hydrogen) atoms. The molecule has 1 heteroatoms. The van der Waals surface area contributed by atoms with Crippen LogP contribution in [0.4, 0.5) is 0 Å². The van der Waals surface area contributed by atoms with Crippen LogP contribution in [0.15, 0.2) is 22.7 Å². The smallest absolute Gasteiger partial charge is 0.0210 e. The zero-order valence-electron chi connectivity index (χ0n) is 6.44. The van der Waals surface area contributed by atoms with Crippen LogP contribution in [-0.4, -0.2) is 0 Å². The number of halogens is 1. The molecule has 1 aliphatic rings. The molecule has 0 aromatic heterocycles. The minimum absolute atomic E-state index is 1.26. The molecular weight excluding hydrogens is 200 g/mol. The molecule has 0 bridgehead atoms. The summed E-state index contributed by atoms with van der Waals surface area (Å²) >= 11 is 3.58. The second-order valence-corrected chi connectivity index (χ2v) is 3.94. The molecule has 1 aromatic rings. The van der Waals surface area contributed by atoms with Gasteiger partial charge in [-0.25, -0.2) is 0 Å². The highest BCUT2D eigenvalue weighted by atomic mass is 79.9. The van der Waals surface area contributed by atoms with Gasteiger partial charge in [0.15, 0.2) is 0 Å². The summed E-state index contributed by atoms with van der Waals surface area (Å²) in [6.45, 7) is 0. The lowest BCUT2D eigenvalue weighted by Crippen LogP contribution is -2.02.